The second kappa shape index (κ2) is 11.4. The van der Waals surface area contributed by atoms with Crippen molar-refractivity contribution in [3.05, 3.63) is 29.8 Å². The molecule has 0 aliphatic heterocycles. The van der Waals surface area contributed by atoms with Gasteiger partial charge in [0.05, 0.1) is 0 Å². The molecule has 0 heterocycles. The molecule has 2 saturated carbocycles. The maximum Gasteiger partial charge on any atom is 0.205 e. The second-order valence-corrected chi connectivity index (χ2v) is 9.42. The van der Waals surface area contributed by atoms with Gasteiger partial charge in [0.2, 0.25) is 6.29 Å². The lowest BCUT2D eigenvalue weighted by Gasteiger charge is -2.42. The minimum absolute atomic E-state index is 0.0974. The van der Waals surface area contributed by atoms with Crippen molar-refractivity contribution in [3.8, 4) is 5.75 Å². The van der Waals surface area contributed by atoms with E-state index in [1.54, 1.807) is 0 Å². The van der Waals surface area contributed by atoms with Gasteiger partial charge >= 0.3 is 0 Å². The molecule has 2 bridgehead atoms. The minimum atomic E-state index is -0.0974. The largest absolute Gasteiger partial charge is 0.464 e. The predicted molar refractivity (Wildman–Crippen MR) is 124 cm³/mol. The first-order valence-electron chi connectivity index (χ1n) is 12.4. The van der Waals surface area contributed by atoms with E-state index >= 15 is 0 Å². The molecule has 2 aliphatic carbocycles. The highest BCUT2D eigenvalue weighted by Gasteiger charge is 2.51. The summed E-state index contributed by atoms with van der Waals surface area (Å²) in [7, 11) is 0. The van der Waals surface area contributed by atoms with Crippen LogP contribution < -0.4 is 4.74 Å². The fourth-order valence-electron chi connectivity index (χ4n) is 5.90. The Morgan fingerprint density at radius 2 is 1.72 bits per heavy atom. The van der Waals surface area contributed by atoms with Gasteiger partial charge in [0.25, 0.3) is 0 Å². The first kappa shape index (κ1) is 24.3. The molecule has 3 rings (SSSR count). The molecule has 0 aromatic heterocycles. The van der Waals surface area contributed by atoms with E-state index in [4.69, 9.17) is 9.47 Å². The number of ether oxygens (including phenoxy) is 2. The summed E-state index contributed by atoms with van der Waals surface area (Å²) >= 11 is 0. The van der Waals surface area contributed by atoms with Crippen molar-refractivity contribution in [3.63, 3.8) is 0 Å². The van der Waals surface area contributed by atoms with Gasteiger partial charge < -0.3 is 9.47 Å². The Kier molecular flexibility index (Phi) is 9.53. The van der Waals surface area contributed by atoms with Gasteiger partial charge in [-0.2, -0.15) is 0 Å². The van der Waals surface area contributed by atoms with Crippen molar-refractivity contribution in [2.24, 2.45) is 23.2 Å². The van der Waals surface area contributed by atoms with Gasteiger partial charge in [0.1, 0.15) is 5.75 Å². The maximum absolute atomic E-state index is 6.51. The summed E-state index contributed by atoms with van der Waals surface area (Å²) in [4.78, 5) is 0. The fourth-order valence-corrected chi connectivity index (χ4v) is 5.90. The normalized spacial score (nSPS) is 27.9. The van der Waals surface area contributed by atoms with Crippen LogP contribution in [0.5, 0.6) is 5.75 Å². The zero-order chi connectivity index (χ0) is 21.4. The van der Waals surface area contributed by atoms with Crippen LogP contribution in [0.1, 0.15) is 105 Å². The third kappa shape index (κ3) is 5.78. The lowest BCUT2D eigenvalue weighted by molar-refractivity contribution is -0.166. The quantitative estimate of drug-likeness (QED) is 0.387. The summed E-state index contributed by atoms with van der Waals surface area (Å²) in [6.45, 7) is 16.1. The van der Waals surface area contributed by atoms with Crippen LogP contribution >= 0.6 is 0 Å². The molecule has 5 atom stereocenters. The number of hydrogen-bond acceptors (Lipinski definition) is 2. The molecule has 2 aliphatic rings. The highest BCUT2D eigenvalue weighted by molar-refractivity contribution is 5.30. The van der Waals surface area contributed by atoms with Gasteiger partial charge in [0.15, 0.2) is 0 Å². The van der Waals surface area contributed by atoms with Crippen LogP contribution in [0.3, 0.4) is 0 Å². The summed E-state index contributed by atoms with van der Waals surface area (Å²) in [5.41, 5.74) is 1.65. The summed E-state index contributed by atoms with van der Waals surface area (Å²) < 4.78 is 12.7. The van der Waals surface area contributed by atoms with Crippen LogP contribution in [-0.4, -0.2) is 12.9 Å². The third-order valence-corrected chi connectivity index (χ3v) is 7.30. The topological polar surface area (TPSA) is 18.5 Å². The molecule has 2 nitrogen and oxygen atoms in total. The maximum atomic E-state index is 6.51. The highest BCUT2D eigenvalue weighted by Crippen LogP contribution is 2.56. The number of hydrogen-bond donors (Lipinski definition) is 0. The van der Waals surface area contributed by atoms with E-state index in [0.29, 0.717) is 11.8 Å². The molecule has 1 aromatic rings. The van der Waals surface area contributed by atoms with Crippen molar-refractivity contribution in [2.45, 2.75) is 106 Å². The van der Waals surface area contributed by atoms with E-state index in [9.17, 15) is 0 Å². The Bertz CT molecular complexity index is 579. The molecule has 2 fully saturated rings. The average molecular weight is 403 g/mol. The van der Waals surface area contributed by atoms with Crippen LogP contribution in [0.15, 0.2) is 24.3 Å². The Morgan fingerprint density at radius 1 is 1.03 bits per heavy atom. The molecule has 2 heteroatoms. The van der Waals surface area contributed by atoms with Crippen molar-refractivity contribution < 1.29 is 9.47 Å². The van der Waals surface area contributed by atoms with Gasteiger partial charge in [-0.3, -0.25) is 0 Å². The zero-order valence-electron chi connectivity index (χ0n) is 20.2. The molecular formula is C27H46O2. The lowest BCUT2D eigenvalue weighted by atomic mass is 9.69. The first-order chi connectivity index (χ1) is 14.0. The summed E-state index contributed by atoms with van der Waals surface area (Å²) in [5, 5.41) is 0. The van der Waals surface area contributed by atoms with Crippen LogP contribution in [0, 0.1) is 23.2 Å². The molecular weight excluding hydrogens is 356 g/mol. The fraction of sp³-hybridized carbons (Fsp3) is 0.778. The molecule has 0 N–H and O–H groups in total. The van der Waals surface area contributed by atoms with Crippen LogP contribution in [0.4, 0.5) is 0 Å². The van der Waals surface area contributed by atoms with Crippen LogP contribution in [0.2, 0.25) is 0 Å². The van der Waals surface area contributed by atoms with Crippen molar-refractivity contribution in [1.29, 1.82) is 0 Å². The van der Waals surface area contributed by atoms with Crippen molar-refractivity contribution >= 4 is 0 Å². The van der Waals surface area contributed by atoms with E-state index in [1.807, 2.05) is 13.8 Å². The van der Waals surface area contributed by atoms with Gasteiger partial charge in [0, 0.05) is 12.0 Å². The van der Waals surface area contributed by atoms with Gasteiger partial charge in [-0.15, -0.1) is 0 Å². The summed E-state index contributed by atoms with van der Waals surface area (Å²) in [5.74, 6) is 3.98. The molecule has 166 valence electrons. The van der Waals surface area contributed by atoms with E-state index in [-0.39, 0.29) is 11.7 Å². The Morgan fingerprint density at radius 3 is 2.28 bits per heavy atom. The zero-order valence-corrected chi connectivity index (χ0v) is 20.2. The van der Waals surface area contributed by atoms with Gasteiger partial charge in [-0.1, -0.05) is 60.1 Å². The monoisotopic (exact) mass is 402 g/mol. The summed E-state index contributed by atoms with van der Waals surface area (Å²) in [6.07, 6.45) is 8.98. The smallest absolute Gasteiger partial charge is 0.205 e. The van der Waals surface area contributed by atoms with Crippen LogP contribution in [-0.2, 0) is 4.74 Å². The SMILES string of the molecule is CC.CCOC(Oc1ccc(C(CC)C(C)C)cc1)C12CCC(CC(CC)C1)C2. The minimum Gasteiger partial charge on any atom is -0.464 e. The standard InChI is InChI=1S/C25H40O2.C2H6/c1-6-19-15-20-13-14-25(16-19,17-20)24(26-8-3)27-22-11-9-21(10-12-22)23(7-2)18(4)5;1-2/h9-12,18-20,23-24H,6-8,13-17H2,1-5H3;1-2H3. The van der Waals surface area contributed by atoms with Gasteiger partial charge in [-0.25, -0.2) is 0 Å². The van der Waals surface area contributed by atoms with Crippen molar-refractivity contribution in [1.82, 2.24) is 0 Å². The van der Waals surface area contributed by atoms with Gasteiger partial charge in [-0.05, 0) is 86.8 Å². The van der Waals surface area contributed by atoms with E-state index in [0.717, 1.165) is 24.2 Å². The van der Waals surface area contributed by atoms with E-state index in [1.165, 1.54) is 50.5 Å². The number of fused-ring (bicyclic) bond motifs is 2. The second-order valence-electron chi connectivity index (χ2n) is 9.42. The Hall–Kier alpha value is -1.02. The first-order valence-corrected chi connectivity index (χ1v) is 12.4. The molecule has 1 aromatic carbocycles. The van der Waals surface area contributed by atoms with E-state index < -0.39 is 0 Å². The highest BCUT2D eigenvalue weighted by atomic mass is 16.7. The summed E-state index contributed by atoms with van der Waals surface area (Å²) in [6, 6.07) is 8.85. The molecule has 0 amide bonds. The Labute approximate surface area is 180 Å². The molecule has 0 saturated heterocycles. The molecule has 29 heavy (non-hydrogen) atoms. The van der Waals surface area contributed by atoms with Crippen molar-refractivity contribution in [2.75, 3.05) is 6.61 Å². The Balaban J connectivity index is 0.00000145. The number of rotatable bonds is 9. The van der Waals surface area contributed by atoms with E-state index in [2.05, 4.69) is 58.9 Å². The number of benzene rings is 1. The van der Waals surface area contributed by atoms with Crippen LogP contribution in [0.25, 0.3) is 0 Å². The molecule has 0 radical (unpaired) electrons. The molecule has 0 spiro atoms. The lowest BCUT2D eigenvalue weighted by Crippen LogP contribution is -2.43. The third-order valence-electron chi connectivity index (χ3n) is 7.30. The predicted octanol–water partition coefficient (Wildman–Crippen LogP) is 8.21. The molecule has 5 unspecified atom stereocenters. The average Bonchev–Trinajstić information content (AvgIpc) is 3.05.